The molecule has 136 valence electrons. The standard InChI is InChI=1S/C18H17Cl2N3O3/c1-10-2-4-11(5-3-10)8-25-9-14(24)18-17(20)12(21)6-13(22-18)15-7-16(19)23-26-15/h2-6,15H,7-9H2,1H3,(H2,21,22). The second kappa shape index (κ2) is 8.03. The van der Waals surface area contributed by atoms with Gasteiger partial charge >= 0.3 is 0 Å². The molecule has 1 atom stereocenters. The van der Waals surface area contributed by atoms with Gasteiger partial charge in [0.25, 0.3) is 0 Å². The topological polar surface area (TPSA) is 86.8 Å². The number of Topliss-reactive ketones (excluding diaryl/α,β-unsaturated/α-hetero) is 1. The number of rotatable bonds is 6. The van der Waals surface area contributed by atoms with Crippen LogP contribution in [0.4, 0.5) is 5.69 Å². The maximum atomic E-state index is 12.5. The van der Waals surface area contributed by atoms with E-state index in [9.17, 15) is 4.79 Å². The van der Waals surface area contributed by atoms with Crippen LogP contribution in [-0.4, -0.2) is 22.5 Å². The number of benzene rings is 1. The molecule has 0 amide bonds. The highest BCUT2D eigenvalue weighted by atomic mass is 35.5. The summed E-state index contributed by atoms with van der Waals surface area (Å²) in [6, 6.07) is 9.42. The molecule has 1 aliphatic heterocycles. The maximum absolute atomic E-state index is 12.5. The molecule has 8 heteroatoms. The summed E-state index contributed by atoms with van der Waals surface area (Å²) in [5, 5.41) is 4.10. The minimum absolute atomic E-state index is 0.0530. The molecule has 0 radical (unpaired) electrons. The van der Waals surface area contributed by atoms with Crippen molar-refractivity contribution in [3.63, 3.8) is 0 Å². The lowest BCUT2D eigenvalue weighted by Gasteiger charge is -2.12. The second-order valence-corrected chi connectivity index (χ2v) is 6.78. The SMILES string of the molecule is Cc1ccc(COCC(=O)c2nc(C3CC(Cl)=NO3)cc(N)c2Cl)cc1. The summed E-state index contributed by atoms with van der Waals surface area (Å²) in [5.74, 6) is -0.360. The van der Waals surface area contributed by atoms with E-state index in [1.54, 1.807) is 6.07 Å². The number of aryl methyl sites for hydroxylation is 1. The Kier molecular flexibility index (Phi) is 5.76. The van der Waals surface area contributed by atoms with Crippen LogP contribution in [0.1, 0.15) is 39.8 Å². The normalized spacial score (nSPS) is 16.3. The Morgan fingerprint density at radius 3 is 2.73 bits per heavy atom. The van der Waals surface area contributed by atoms with Crippen LogP contribution in [0.15, 0.2) is 35.5 Å². The predicted molar refractivity (Wildman–Crippen MR) is 101 cm³/mol. The smallest absolute Gasteiger partial charge is 0.208 e. The first-order chi connectivity index (χ1) is 12.4. The number of nitrogens with two attached hydrogens (primary N) is 1. The number of hydrogen-bond donors (Lipinski definition) is 1. The van der Waals surface area contributed by atoms with E-state index < -0.39 is 6.10 Å². The summed E-state index contributed by atoms with van der Waals surface area (Å²) >= 11 is 12.0. The van der Waals surface area contributed by atoms with Gasteiger partial charge in [-0.1, -0.05) is 58.2 Å². The van der Waals surface area contributed by atoms with Gasteiger partial charge in [-0.15, -0.1) is 0 Å². The number of ketones is 1. The summed E-state index contributed by atoms with van der Waals surface area (Å²) in [4.78, 5) is 21.9. The summed E-state index contributed by atoms with van der Waals surface area (Å²) in [5.41, 5.74) is 8.78. The van der Waals surface area contributed by atoms with Crippen molar-refractivity contribution in [2.24, 2.45) is 5.16 Å². The van der Waals surface area contributed by atoms with Crippen LogP contribution in [0.2, 0.25) is 5.02 Å². The number of ether oxygens (including phenoxy) is 1. The van der Waals surface area contributed by atoms with Crippen LogP contribution in [0.3, 0.4) is 0 Å². The van der Waals surface area contributed by atoms with E-state index in [0.29, 0.717) is 23.9 Å². The molecular formula is C18H17Cl2N3O3. The number of carbonyl (C=O) groups excluding carboxylic acids is 1. The molecule has 2 N–H and O–H groups in total. The fourth-order valence-electron chi connectivity index (χ4n) is 2.44. The minimum atomic E-state index is -0.484. The summed E-state index contributed by atoms with van der Waals surface area (Å²) in [7, 11) is 0. The molecule has 2 heterocycles. The molecule has 0 spiro atoms. The molecule has 3 rings (SSSR count). The Balaban J connectivity index is 1.68. The van der Waals surface area contributed by atoms with E-state index in [1.807, 2.05) is 31.2 Å². The molecule has 1 aliphatic rings. The van der Waals surface area contributed by atoms with Crippen LogP contribution in [0.25, 0.3) is 0 Å². The zero-order valence-corrected chi connectivity index (χ0v) is 15.5. The zero-order chi connectivity index (χ0) is 18.7. The molecule has 2 aromatic rings. The molecule has 1 unspecified atom stereocenters. The summed E-state index contributed by atoms with van der Waals surface area (Å²) in [6.45, 7) is 2.16. The number of pyridine rings is 1. The predicted octanol–water partition coefficient (Wildman–Crippen LogP) is 4.04. The highest BCUT2D eigenvalue weighted by Gasteiger charge is 2.26. The quantitative estimate of drug-likeness (QED) is 0.748. The number of nitrogens with zero attached hydrogens (tertiary/aromatic N) is 2. The van der Waals surface area contributed by atoms with E-state index in [2.05, 4.69) is 10.1 Å². The minimum Gasteiger partial charge on any atom is -0.397 e. The van der Waals surface area contributed by atoms with Crippen molar-refractivity contribution in [2.45, 2.75) is 26.1 Å². The number of anilines is 1. The lowest BCUT2D eigenvalue weighted by Crippen LogP contribution is -2.15. The van der Waals surface area contributed by atoms with Gasteiger partial charge in [-0.2, -0.15) is 0 Å². The van der Waals surface area contributed by atoms with Gasteiger partial charge in [0.15, 0.2) is 6.10 Å². The van der Waals surface area contributed by atoms with Gasteiger partial charge in [-0.3, -0.25) is 4.79 Å². The van der Waals surface area contributed by atoms with E-state index in [1.165, 1.54) is 0 Å². The number of oxime groups is 1. The average molecular weight is 394 g/mol. The molecule has 0 aliphatic carbocycles. The highest BCUT2D eigenvalue weighted by molar-refractivity contribution is 6.65. The van der Waals surface area contributed by atoms with Gasteiger partial charge in [0, 0.05) is 6.42 Å². The van der Waals surface area contributed by atoms with E-state index in [-0.39, 0.29) is 28.8 Å². The Hall–Kier alpha value is -2.15. The Morgan fingerprint density at radius 2 is 2.08 bits per heavy atom. The number of halogens is 2. The first-order valence-corrected chi connectivity index (χ1v) is 8.70. The van der Waals surface area contributed by atoms with Crippen molar-refractivity contribution < 1.29 is 14.4 Å². The number of nitrogen functional groups attached to an aromatic ring is 1. The van der Waals surface area contributed by atoms with Crippen LogP contribution >= 0.6 is 23.2 Å². The second-order valence-electron chi connectivity index (χ2n) is 5.97. The molecule has 1 aromatic heterocycles. The van der Waals surface area contributed by atoms with Crippen molar-refractivity contribution in [3.05, 3.63) is 57.9 Å². The van der Waals surface area contributed by atoms with Crippen molar-refractivity contribution in [3.8, 4) is 0 Å². The first-order valence-electron chi connectivity index (χ1n) is 7.94. The molecule has 0 saturated carbocycles. The van der Waals surface area contributed by atoms with Gasteiger partial charge < -0.3 is 15.3 Å². The van der Waals surface area contributed by atoms with E-state index in [0.717, 1.165) is 11.1 Å². The number of hydrogen-bond acceptors (Lipinski definition) is 6. The summed E-state index contributed by atoms with van der Waals surface area (Å²) < 4.78 is 5.49. The van der Waals surface area contributed by atoms with Gasteiger partial charge in [-0.25, -0.2) is 4.98 Å². The van der Waals surface area contributed by atoms with Crippen LogP contribution in [0, 0.1) is 6.92 Å². The third-order valence-corrected chi connectivity index (χ3v) is 4.48. The van der Waals surface area contributed by atoms with Crippen LogP contribution in [-0.2, 0) is 16.2 Å². The molecule has 0 saturated heterocycles. The molecule has 6 nitrogen and oxygen atoms in total. The lowest BCUT2D eigenvalue weighted by molar-refractivity contribution is 0.0714. The lowest BCUT2D eigenvalue weighted by atomic mass is 10.1. The molecule has 0 bridgehead atoms. The maximum Gasteiger partial charge on any atom is 0.208 e. The fourth-order valence-corrected chi connectivity index (χ4v) is 2.82. The third kappa shape index (κ3) is 4.33. The zero-order valence-electron chi connectivity index (χ0n) is 14.0. The Morgan fingerprint density at radius 1 is 1.35 bits per heavy atom. The molecule has 26 heavy (non-hydrogen) atoms. The van der Waals surface area contributed by atoms with Crippen molar-refractivity contribution >= 4 is 39.8 Å². The van der Waals surface area contributed by atoms with Crippen LogP contribution in [0.5, 0.6) is 0 Å². The molecular weight excluding hydrogens is 377 g/mol. The van der Waals surface area contributed by atoms with Crippen molar-refractivity contribution in [2.75, 3.05) is 12.3 Å². The molecule has 0 fully saturated rings. The van der Waals surface area contributed by atoms with Gasteiger partial charge in [0.2, 0.25) is 5.78 Å². The van der Waals surface area contributed by atoms with Gasteiger partial charge in [0.1, 0.15) is 17.5 Å². The third-order valence-electron chi connectivity index (χ3n) is 3.85. The van der Waals surface area contributed by atoms with E-state index in [4.69, 9.17) is 38.5 Å². The Labute approximate surface area is 160 Å². The van der Waals surface area contributed by atoms with Crippen molar-refractivity contribution in [1.82, 2.24) is 4.98 Å². The largest absolute Gasteiger partial charge is 0.397 e. The monoisotopic (exact) mass is 393 g/mol. The summed E-state index contributed by atoms with van der Waals surface area (Å²) in [6.07, 6.45) is -0.116. The van der Waals surface area contributed by atoms with Gasteiger partial charge in [0.05, 0.1) is 23.0 Å². The fraction of sp³-hybridized carbons (Fsp3) is 0.278. The average Bonchev–Trinajstić information content (AvgIpc) is 3.05. The Bertz CT molecular complexity index is 854. The van der Waals surface area contributed by atoms with Gasteiger partial charge in [-0.05, 0) is 18.6 Å². The van der Waals surface area contributed by atoms with Crippen molar-refractivity contribution in [1.29, 1.82) is 0 Å². The molecule has 1 aromatic carbocycles. The van der Waals surface area contributed by atoms with Crippen LogP contribution < -0.4 is 5.73 Å². The highest BCUT2D eigenvalue weighted by Crippen LogP contribution is 2.32. The number of carbonyl (C=O) groups is 1. The number of aromatic nitrogens is 1. The van der Waals surface area contributed by atoms with E-state index >= 15 is 0 Å². The first kappa shape index (κ1) is 18.6.